The van der Waals surface area contributed by atoms with Crippen molar-refractivity contribution < 1.29 is 4.79 Å². The smallest absolute Gasteiger partial charge is 0.228 e. The van der Waals surface area contributed by atoms with Crippen LogP contribution in [-0.2, 0) is 4.79 Å². The number of hydrogen-bond donors (Lipinski definition) is 0. The number of carbonyl (C=O) groups is 1. The summed E-state index contributed by atoms with van der Waals surface area (Å²) in [5, 5.41) is 10.1. The molecule has 0 spiro atoms. The number of hydrogen-bond acceptors (Lipinski definition) is 5. The molecule has 0 atom stereocenters. The second kappa shape index (κ2) is 4.84. The van der Waals surface area contributed by atoms with Gasteiger partial charge in [0.15, 0.2) is 0 Å². The minimum Gasteiger partial charge on any atom is -0.343 e. The van der Waals surface area contributed by atoms with Crippen LogP contribution in [0.5, 0.6) is 0 Å². The molecule has 0 aliphatic carbocycles. The third kappa shape index (κ3) is 2.80. The summed E-state index contributed by atoms with van der Waals surface area (Å²) >= 11 is 1.61. The Labute approximate surface area is 112 Å². The van der Waals surface area contributed by atoms with Crippen molar-refractivity contribution in [2.24, 2.45) is 5.41 Å². The zero-order valence-corrected chi connectivity index (χ0v) is 12.3. The Morgan fingerprint density at radius 2 is 1.78 bits per heavy atom. The molecule has 2 heterocycles. The lowest BCUT2D eigenvalue weighted by atomic mass is 9.94. The van der Waals surface area contributed by atoms with E-state index < -0.39 is 0 Å². The van der Waals surface area contributed by atoms with Crippen LogP contribution in [0.4, 0.5) is 5.13 Å². The molecule has 1 fully saturated rings. The molecule has 0 N–H and O–H groups in total. The standard InChI is InChI=1S/C12H20N4OS/c1-9-13-14-11(18-9)16-7-5-15(6-8-16)10(17)12(2,3)4/h5-8H2,1-4H3. The van der Waals surface area contributed by atoms with Crippen molar-refractivity contribution >= 4 is 22.4 Å². The average Bonchev–Trinajstić information content (AvgIpc) is 2.74. The third-order valence-corrected chi connectivity index (χ3v) is 3.89. The Kier molecular flexibility index (Phi) is 3.56. The van der Waals surface area contributed by atoms with Gasteiger partial charge in [-0.15, -0.1) is 10.2 Å². The van der Waals surface area contributed by atoms with Crippen LogP contribution in [0.15, 0.2) is 0 Å². The van der Waals surface area contributed by atoms with Crippen LogP contribution in [0.3, 0.4) is 0 Å². The molecule has 1 amide bonds. The Morgan fingerprint density at radius 3 is 2.22 bits per heavy atom. The molecular weight excluding hydrogens is 248 g/mol. The van der Waals surface area contributed by atoms with E-state index >= 15 is 0 Å². The van der Waals surface area contributed by atoms with Crippen molar-refractivity contribution in [2.45, 2.75) is 27.7 Å². The van der Waals surface area contributed by atoms with E-state index in [-0.39, 0.29) is 11.3 Å². The quantitative estimate of drug-likeness (QED) is 0.775. The molecule has 0 bridgehead atoms. The van der Waals surface area contributed by atoms with Gasteiger partial charge < -0.3 is 9.80 Å². The molecule has 5 nitrogen and oxygen atoms in total. The summed E-state index contributed by atoms with van der Waals surface area (Å²) in [5.74, 6) is 0.232. The van der Waals surface area contributed by atoms with Gasteiger partial charge in [0.1, 0.15) is 5.01 Å². The summed E-state index contributed by atoms with van der Waals surface area (Å²) in [6.45, 7) is 11.1. The lowest BCUT2D eigenvalue weighted by molar-refractivity contribution is -0.139. The summed E-state index contributed by atoms with van der Waals surface area (Å²) in [6, 6.07) is 0. The monoisotopic (exact) mass is 268 g/mol. The van der Waals surface area contributed by atoms with E-state index in [0.29, 0.717) is 0 Å². The summed E-state index contributed by atoms with van der Waals surface area (Å²) in [4.78, 5) is 16.3. The third-order valence-electron chi connectivity index (χ3n) is 2.99. The second-order valence-electron chi connectivity index (χ2n) is 5.63. The number of anilines is 1. The van der Waals surface area contributed by atoms with Gasteiger partial charge in [-0.05, 0) is 6.92 Å². The number of aryl methyl sites for hydroxylation is 1. The first kappa shape index (κ1) is 13.3. The number of nitrogens with zero attached hydrogens (tertiary/aromatic N) is 4. The van der Waals surface area contributed by atoms with E-state index in [1.165, 1.54) is 0 Å². The van der Waals surface area contributed by atoms with Crippen LogP contribution in [0.2, 0.25) is 0 Å². The number of aromatic nitrogens is 2. The number of piperazine rings is 1. The summed E-state index contributed by atoms with van der Waals surface area (Å²) in [5.41, 5.74) is -0.290. The van der Waals surface area contributed by atoms with Crippen molar-refractivity contribution in [2.75, 3.05) is 31.1 Å². The van der Waals surface area contributed by atoms with E-state index in [0.717, 1.165) is 36.3 Å². The molecule has 0 radical (unpaired) electrons. The largest absolute Gasteiger partial charge is 0.343 e. The molecule has 1 aromatic heterocycles. The minimum atomic E-state index is -0.290. The van der Waals surface area contributed by atoms with E-state index in [4.69, 9.17) is 0 Å². The fraction of sp³-hybridized carbons (Fsp3) is 0.750. The highest BCUT2D eigenvalue weighted by Crippen LogP contribution is 2.23. The van der Waals surface area contributed by atoms with Gasteiger partial charge in [-0.25, -0.2) is 0 Å². The van der Waals surface area contributed by atoms with Gasteiger partial charge in [-0.2, -0.15) is 0 Å². The van der Waals surface area contributed by atoms with Gasteiger partial charge in [-0.1, -0.05) is 32.1 Å². The highest BCUT2D eigenvalue weighted by atomic mass is 32.1. The van der Waals surface area contributed by atoms with Crippen molar-refractivity contribution in [1.82, 2.24) is 15.1 Å². The predicted octanol–water partition coefficient (Wildman–Crippen LogP) is 1.54. The number of carbonyl (C=O) groups excluding carboxylic acids is 1. The molecule has 0 unspecified atom stereocenters. The van der Waals surface area contributed by atoms with Crippen LogP contribution >= 0.6 is 11.3 Å². The zero-order chi connectivity index (χ0) is 13.3. The molecule has 6 heteroatoms. The normalized spacial score (nSPS) is 17.1. The summed E-state index contributed by atoms with van der Waals surface area (Å²) in [6.07, 6.45) is 0. The molecule has 18 heavy (non-hydrogen) atoms. The Balaban J connectivity index is 1.94. The van der Waals surface area contributed by atoms with Gasteiger partial charge in [0, 0.05) is 31.6 Å². The molecule has 0 aromatic carbocycles. The Morgan fingerprint density at radius 1 is 1.17 bits per heavy atom. The fourth-order valence-corrected chi connectivity index (χ4v) is 2.73. The molecule has 1 saturated heterocycles. The summed E-state index contributed by atoms with van der Waals surface area (Å²) in [7, 11) is 0. The highest BCUT2D eigenvalue weighted by Gasteiger charge is 2.30. The first-order chi connectivity index (χ1) is 8.38. The Bertz CT molecular complexity index is 430. The first-order valence-corrected chi connectivity index (χ1v) is 7.04. The van der Waals surface area contributed by atoms with E-state index in [2.05, 4.69) is 15.1 Å². The topological polar surface area (TPSA) is 49.3 Å². The van der Waals surface area contributed by atoms with Gasteiger partial charge in [0.25, 0.3) is 0 Å². The SMILES string of the molecule is Cc1nnc(N2CCN(C(=O)C(C)(C)C)CC2)s1. The maximum Gasteiger partial charge on any atom is 0.228 e. The average molecular weight is 268 g/mol. The molecule has 1 aromatic rings. The van der Waals surface area contributed by atoms with Crippen LogP contribution in [0.25, 0.3) is 0 Å². The lowest BCUT2D eigenvalue weighted by Crippen LogP contribution is -2.51. The van der Waals surface area contributed by atoms with Crippen LogP contribution < -0.4 is 4.90 Å². The fourth-order valence-electron chi connectivity index (χ4n) is 1.99. The predicted molar refractivity (Wildman–Crippen MR) is 72.9 cm³/mol. The number of rotatable bonds is 1. The van der Waals surface area contributed by atoms with E-state index in [1.54, 1.807) is 11.3 Å². The maximum absolute atomic E-state index is 12.1. The van der Waals surface area contributed by atoms with E-state index in [1.807, 2.05) is 32.6 Å². The summed E-state index contributed by atoms with van der Waals surface area (Å²) < 4.78 is 0. The highest BCUT2D eigenvalue weighted by molar-refractivity contribution is 7.15. The van der Waals surface area contributed by atoms with Crippen LogP contribution in [-0.4, -0.2) is 47.2 Å². The maximum atomic E-state index is 12.1. The van der Waals surface area contributed by atoms with Gasteiger partial charge in [0.05, 0.1) is 0 Å². The van der Waals surface area contributed by atoms with E-state index in [9.17, 15) is 4.79 Å². The molecule has 2 rings (SSSR count). The van der Waals surface area contributed by atoms with Gasteiger partial charge in [-0.3, -0.25) is 4.79 Å². The van der Waals surface area contributed by atoms with Crippen molar-refractivity contribution in [3.05, 3.63) is 5.01 Å². The van der Waals surface area contributed by atoms with Gasteiger partial charge >= 0.3 is 0 Å². The zero-order valence-electron chi connectivity index (χ0n) is 11.4. The Hall–Kier alpha value is -1.17. The van der Waals surface area contributed by atoms with Gasteiger partial charge in [0.2, 0.25) is 11.0 Å². The first-order valence-electron chi connectivity index (χ1n) is 6.22. The molecule has 1 aliphatic rings. The molecule has 0 saturated carbocycles. The molecule has 100 valence electrons. The van der Waals surface area contributed by atoms with Crippen molar-refractivity contribution in [3.63, 3.8) is 0 Å². The van der Waals surface area contributed by atoms with Crippen LogP contribution in [0, 0.1) is 12.3 Å². The second-order valence-corrected chi connectivity index (χ2v) is 6.79. The van der Waals surface area contributed by atoms with Crippen LogP contribution in [0.1, 0.15) is 25.8 Å². The molecule has 1 aliphatic heterocycles. The number of amides is 1. The minimum absolute atomic E-state index is 0.232. The van der Waals surface area contributed by atoms with Crippen molar-refractivity contribution in [1.29, 1.82) is 0 Å². The molecular formula is C12H20N4OS. The van der Waals surface area contributed by atoms with Crippen molar-refractivity contribution in [3.8, 4) is 0 Å². The lowest BCUT2D eigenvalue weighted by Gasteiger charge is -2.37.